The highest BCUT2D eigenvalue weighted by atomic mass is 32.2. The van der Waals surface area contributed by atoms with Gasteiger partial charge in [-0.25, -0.2) is 8.42 Å². The predicted molar refractivity (Wildman–Crippen MR) is 109 cm³/mol. The molecule has 2 N–H and O–H groups in total. The van der Waals surface area contributed by atoms with Crippen molar-refractivity contribution in [1.29, 1.82) is 0 Å². The number of anilines is 2. The lowest BCUT2D eigenvalue weighted by Crippen LogP contribution is -2.13. The van der Waals surface area contributed by atoms with E-state index in [-0.39, 0.29) is 10.9 Å². The zero-order valence-corrected chi connectivity index (χ0v) is 16.0. The Morgan fingerprint density at radius 3 is 2.00 bits per heavy atom. The van der Waals surface area contributed by atoms with Gasteiger partial charge in [0.1, 0.15) is 5.75 Å². The summed E-state index contributed by atoms with van der Waals surface area (Å²) in [5, 5.41) is 3.40. The Hall–Kier alpha value is -2.99. The third kappa shape index (κ3) is 4.80. The fourth-order valence-corrected chi connectivity index (χ4v) is 3.74. The monoisotopic (exact) mass is 382 g/mol. The number of sulfonamides is 1. The third-order valence-electron chi connectivity index (χ3n) is 4.19. The van der Waals surface area contributed by atoms with Gasteiger partial charge in [-0.3, -0.25) is 4.72 Å². The molecule has 0 radical (unpaired) electrons. The summed E-state index contributed by atoms with van der Waals surface area (Å²) < 4.78 is 32.6. The zero-order chi connectivity index (χ0) is 19.3. The molecule has 0 saturated heterocycles. The minimum Gasteiger partial charge on any atom is -0.497 e. The van der Waals surface area contributed by atoms with Crippen molar-refractivity contribution < 1.29 is 13.2 Å². The molecule has 0 bridgehead atoms. The third-order valence-corrected chi connectivity index (χ3v) is 5.59. The van der Waals surface area contributed by atoms with E-state index in [4.69, 9.17) is 4.74 Å². The molecule has 0 aliphatic heterocycles. The van der Waals surface area contributed by atoms with Crippen molar-refractivity contribution in [2.24, 2.45) is 0 Å². The highest BCUT2D eigenvalue weighted by molar-refractivity contribution is 7.92. The normalized spacial score (nSPS) is 12.2. The average molecular weight is 382 g/mol. The molecular weight excluding hydrogens is 360 g/mol. The summed E-state index contributed by atoms with van der Waals surface area (Å²) in [6.07, 6.45) is 0. The van der Waals surface area contributed by atoms with E-state index in [0.29, 0.717) is 11.4 Å². The minimum absolute atomic E-state index is 0.146. The van der Waals surface area contributed by atoms with Crippen molar-refractivity contribution in [1.82, 2.24) is 0 Å². The number of benzene rings is 3. The van der Waals surface area contributed by atoms with Gasteiger partial charge >= 0.3 is 0 Å². The molecule has 140 valence electrons. The van der Waals surface area contributed by atoms with Gasteiger partial charge in [0, 0.05) is 17.4 Å². The molecule has 0 fully saturated rings. The number of methoxy groups -OCH3 is 1. The minimum atomic E-state index is -3.64. The van der Waals surface area contributed by atoms with Gasteiger partial charge in [0.05, 0.1) is 12.0 Å². The molecule has 5 nitrogen and oxygen atoms in total. The smallest absolute Gasteiger partial charge is 0.261 e. The summed E-state index contributed by atoms with van der Waals surface area (Å²) in [6, 6.07) is 23.7. The average Bonchev–Trinajstić information content (AvgIpc) is 2.70. The standard InChI is InChI=1S/C21H22N2O3S/c1-16(17-6-4-3-5-7-17)22-18-8-10-19(11-9-18)23-27(24,25)21-14-12-20(26-2)13-15-21/h3-16,22-23H,1-2H3. The maximum absolute atomic E-state index is 12.5. The second-order valence-corrected chi connectivity index (χ2v) is 7.82. The second-order valence-electron chi connectivity index (χ2n) is 6.14. The first-order valence-electron chi connectivity index (χ1n) is 8.56. The Morgan fingerprint density at radius 2 is 1.41 bits per heavy atom. The zero-order valence-electron chi connectivity index (χ0n) is 15.2. The Labute approximate surface area is 160 Å². The van der Waals surface area contributed by atoms with Crippen molar-refractivity contribution in [3.63, 3.8) is 0 Å². The van der Waals surface area contributed by atoms with Crippen LogP contribution in [0, 0.1) is 0 Å². The van der Waals surface area contributed by atoms with Gasteiger partial charge in [-0.1, -0.05) is 30.3 Å². The van der Waals surface area contributed by atoms with Crippen LogP contribution < -0.4 is 14.8 Å². The Bertz CT molecular complexity index is 970. The van der Waals surface area contributed by atoms with Crippen LogP contribution in [0.15, 0.2) is 83.8 Å². The number of nitrogens with one attached hydrogen (secondary N) is 2. The molecule has 0 aromatic heterocycles. The SMILES string of the molecule is COc1ccc(S(=O)(=O)Nc2ccc(NC(C)c3ccccc3)cc2)cc1. The molecule has 0 heterocycles. The van der Waals surface area contributed by atoms with Crippen molar-refractivity contribution in [3.8, 4) is 5.75 Å². The molecule has 27 heavy (non-hydrogen) atoms. The molecule has 0 aliphatic rings. The summed E-state index contributed by atoms with van der Waals surface area (Å²) in [5.74, 6) is 0.608. The van der Waals surface area contributed by atoms with E-state index in [1.54, 1.807) is 24.3 Å². The van der Waals surface area contributed by atoms with Gasteiger partial charge in [-0.15, -0.1) is 0 Å². The van der Waals surface area contributed by atoms with E-state index >= 15 is 0 Å². The maximum Gasteiger partial charge on any atom is 0.261 e. The van der Waals surface area contributed by atoms with Gasteiger partial charge in [0.2, 0.25) is 0 Å². The Balaban J connectivity index is 1.67. The first kappa shape index (κ1) is 18.8. The van der Waals surface area contributed by atoms with Crippen LogP contribution in [0.5, 0.6) is 5.75 Å². The molecule has 1 atom stereocenters. The van der Waals surface area contributed by atoms with Crippen molar-refractivity contribution in [2.75, 3.05) is 17.1 Å². The molecule has 1 unspecified atom stereocenters. The maximum atomic E-state index is 12.5. The van der Waals surface area contributed by atoms with Crippen LogP contribution in [0.1, 0.15) is 18.5 Å². The van der Waals surface area contributed by atoms with Gasteiger partial charge in [0.15, 0.2) is 0 Å². The van der Waals surface area contributed by atoms with Crippen LogP contribution in [0.3, 0.4) is 0 Å². The van der Waals surface area contributed by atoms with Crippen LogP contribution >= 0.6 is 0 Å². The van der Waals surface area contributed by atoms with E-state index < -0.39 is 10.0 Å². The van der Waals surface area contributed by atoms with E-state index in [1.807, 2.05) is 30.3 Å². The summed E-state index contributed by atoms with van der Waals surface area (Å²) >= 11 is 0. The molecule has 0 spiro atoms. The van der Waals surface area contributed by atoms with E-state index in [0.717, 1.165) is 5.69 Å². The van der Waals surface area contributed by atoms with E-state index in [2.05, 4.69) is 29.1 Å². The van der Waals surface area contributed by atoms with E-state index in [9.17, 15) is 8.42 Å². The summed E-state index contributed by atoms with van der Waals surface area (Å²) in [7, 11) is -2.11. The summed E-state index contributed by atoms with van der Waals surface area (Å²) in [4.78, 5) is 0.184. The van der Waals surface area contributed by atoms with Crippen LogP contribution in [-0.2, 0) is 10.0 Å². The molecular formula is C21H22N2O3S. The number of rotatable bonds is 7. The van der Waals surface area contributed by atoms with Crippen LogP contribution in [0.2, 0.25) is 0 Å². The molecule has 0 aliphatic carbocycles. The number of ether oxygens (including phenoxy) is 1. The van der Waals surface area contributed by atoms with Gasteiger partial charge in [0.25, 0.3) is 10.0 Å². The fourth-order valence-electron chi connectivity index (χ4n) is 2.68. The summed E-state index contributed by atoms with van der Waals surface area (Å²) in [5.41, 5.74) is 2.60. The molecule has 0 saturated carbocycles. The fraction of sp³-hybridized carbons (Fsp3) is 0.143. The topological polar surface area (TPSA) is 67.4 Å². The lowest BCUT2D eigenvalue weighted by Gasteiger charge is -2.16. The molecule has 6 heteroatoms. The quantitative estimate of drug-likeness (QED) is 0.623. The van der Waals surface area contributed by atoms with Crippen LogP contribution in [0.25, 0.3) is 0 Å². The number of hydrogen-bond acceptors (Lipinski definition) is 4. The summed E-state index contributed by atoms with van der Waals surface area (Å²) in [6.45, 7) is 2.08. The highest BCUT2D eigenvalue weighted by Gasteiger charge is 2.14. The van der Waals surface area contributed by atoms with Crippen LogP contribution in [0.4, 0.5) is 11.4 Å². The molecule has 3 aromatic rings. The lowest BCUT2D eigenvalue weighted by atomic mass is 10.1. The van der Waals surface area contributed by atoms with Gasteiger partial charge in [-0.2, -0.15) is 0 Å². The van der Waals surface area contributed by atoms with Gasteiger partial charge < -0.3 is 10.1 Å². The molecule has 3 rings (SSSR count). The Kier molecular flexibility index (Phi) is 5.66. The molecule has 0 amide bonds. The number of hydrogen-bond donors (Lipinski definition) is 2. The van der Waals surface area contributed by atoms with E-state index in [1.165, 1.54) is 24.8 Å². The Morgan fingerprint density at radius 1 is 0.815 bits per heavy atom. The van der Waals surface area contributed by atoms with Crippen molar-refractivity contribution >= 4 is 21.4 Å². The predicted octanol–water partition coefficient (Wildman–Crippen LogP) is 4.67. The molecule has 3 aromatic carbocycles. The van der Waals surface area contributed by atoms with Crippen molar-refractivity contribution in [2.45, 2.75) is 17.9 Å². The largest absolute Gasteiger partial charge is 0.497 e. The first-order valence-corrected chi connectivity index (χ1v) is 10.0. The second kappa shape index (κ2) is 8.14. The van der Waals surface area contributed by atoms with Gasteiger partial charge in [-0.05, 0) is 61.0 Å². The lowest BCUT2D eigenvalue weighted by molar-refractivity contribution is 0.414. The first-order chi connectivity index (χ1) is 13.0. The van der Waals surface area contributed by atoms with Crippen molar-refractivity contribution in [3.05, 3.63) is 84.4 Å². The highest BCUT2D eigenvalue weighted by Crippen LogP contribution is 2.23. The van der Waals surface area contributed by atoms with Crippen LogP contribution in [-0.4, -0.2) is 15.5 Å².